The van der Waals surface area contributed by atoms with Crippen LogP contribution in [-0.2, 0) is 6.54 Å². The smallest absolute Gasteiger partial charge is 0.191 e. The topological polar surface area (TPSA) is 68.9 Å². The summed E-state index contributed by atoms with van der Waals surface area (Å²) in [6, 6.07) is 2.54. The Morgan fingerprint density at radius 3 is 2.48 bits per heavy atom. The highest BCUT2D eigenvalue weighted by atomic mass is 127. The van der Waals surface area contributed by atoms with Crippen LogP contribution in [0.15, 0.2) is 15.6 Å². The highest BCUT2D eigenvalue weighted by Crippen LogP contribution is 2.22. The highest BCUT2D eigenvalue weighted by molar-refractivity contribution is 14.0. The van der Waals surface area contributed by atoms with Crippen LogP contribution >= 0.6 is 24.0 Å². The molecular weight excluding hydrogens is 455 g/mol. The van der Waals surface area contributed by atoms with Crippen LogP contribution in [0.1, 0.15) is 51.0 Å². The van der Waals surface area contributed by atoms with Crippen molar-refractivity contribution in [2.75, 3.05) is 46.8 Å². The van der Waals surface area contributed by atoms with E-state index in [0.717, 1.165) is 63.0 Å². The van der Waals surface area contributed by atoms with E-state index < -0.39 is 0 Å². The molecule has 2 N–H and O–H groups in total. The number of halogens is 1. The number of aliphatic imine (C=N–C) groups is 1. The van der Waals surface area contributed by atoms with Gasteiger partial charge in [-0.25, -0.2) is 0 Å². The molecule has 0 spiro atoms. The van der Waals surface area contributed by atoms with Crippen molar-refractivity contribution in [3.63, 3.8) is 0 Å². The number of aromatic nitrogens is 1. The summed E-state index contributed by atoms with van der Waals surface area (Å²) in [6.45, 7) is 12.6. The van der Waals surface area contributed by atoms with E-state index in [1.165, 1.54) is 0 Å². The molecule has 156 valence electrons. The van der Waals surface area contributed by atoms with Crippen LogP contribution in [0.5, 0.6) is 0 Å². The van der Waals surface area contributed by atoms with Crippen LogP contribution in [0, 0.1) is 0 Å². The normalized spacial score (nSPS) is 17.6. The molecule has 7 nitrogen and oxygen atoms in total. The zero-order valence-corrected chi connectivity index (χ0v) is 19.8. The van der Waals surface area contributed by atoms with E-state index in [2.05, 4.69) is 64.5 Å². The Morgan fingerprint density at radius 1 is 1.22 bits per heavy atom. The second-order valence-corrected chi connectivity index (χ2v) is 7.23. The summed E-state index contributed by atoms with van der Waals surface area (Å²) in [6.07, 6.45) is 2.17. The molecule has 0 radical (unpaired) electrons. The van der Waals surface area contributed by atoms with Crippen molar-refractivity contribution in [3.05, 3.63) is 17.5 Å². The summed E-state index contributed by atoms with van der Waals surface area (Å²) in [5.41, 5.74) is 1.05. The van der Waals surface area contributed by atoms with Gasteiger partial charge in [0.25, 0.3) is 0 Å². The van der Waals surface area contributed by atoms with E-state index in [0.29, 0.717) is 18.5 Å². The number of piperazine rings is 1. The zero-order chi connectivity index (χ0) is 18.9. The van der Waals surface area contributed by atoms with Gasteiger partial charge in [-0.2, -0.15) is 0 Å². The number of rotatable bonds is 8. The van der Waals surface area contributed by atoms with Crippen LogP contribution in [0.25, 0.3) is 0 Å². The molecule has 0 aromatic carbocycles. The molecule has 1 saturated heterocycles. The van der Waals surface area contributed by atoms with E-state index in [1.807, 2.05) is 0 Å². The number of hydrogen-bond acceptors (Lipinski definition) is 5. The third-order valence-electron chi connectivity index (χ3n) is 5.36. The van der Waals surface area contributed by atoms with Crippen LogP contribution in [0.2, 0.25) is 0 Å². The van der Waals surface area contributed by atoms with Gasteiger partial charge >= 0.3 is 0 Å². The second kappa shape index (κ2) is 12.6. The molecule has 27 heavy (non-hydrogen) atoms. The molecule has 8 heteroatoms. The van der Waals surface area contributed by atoms with Gasteiger partial charge in [0, 0.05) is 57.8 Å². The molecule has 1 unspecified atom stereocenters. The minimum absolute atomic E-state index is 0. The molecule has 0 saturated carbocycles. The standard InChI is InChI=1S/C19H36N6O.HI/c1-6-16(7-2)18-12-17(26-23-18)14-22-19(20-4)21-13-15(3)25-10-8-24(5)9-11-25;/h12,15-16H,6-11,13-14H2,1-5H3,(H2,20,21,22);1H. The van der Waals surface area contributed by atoms with Crippen molar-refractivity contribution in [2.45, 2.75) is 52.1 Å². The molecule has 2 rings (SSSR count). The highest BCUT2D eigenvalue weighted by Gasteiger charge is 2.19. The molecule has 1 fully saturated rings. The van der Waals surface area contributed by atoms with E-state index >= 15 is 0 Å². The Morgan fingerprint density at radius 2 is 1.89 bits per heavy atom. The Hall–Kier alpha value is -0.870. The zero-order valence-electron chi connectivity index (χ0n) is 17.5. The minimum Gasteiger partial charge on any atom is -0.359 e. The van der Waals surface area contributed by atoms with E-state index in [9.17, 15) is 0 Å². The van der Waals surface area contributed by atoms with E-state index in [1.54, 1.807) is 7.05 Å². The fourth-order valence-corrected chi connectivity index (χ4v) is 3.34. The van der Waals surface area contributed by atoms with Crippen LogP contribution in [0.3, 0.4) is 0 Å². The van der Waals surface area contributed by atoms with Crippen molar-refractivity contribution in [2.24, 2.45) is 4.99 Å². The summed E-state index contributed by atoms with van der Waals surface area (Å²) < 4.78 is 5.47. The maximum absolute atomic E-state index is 5.47. The Kier molecular flexibility index (Phi) is 11.2. The van der Waals surface area contributed by atoms with Crippen LogP contribution < -0.4 is 10.6 Å². The third kappa shape index (κ3) is 7.57. The number of hydrogen-bond donors (Lipinski definition) is 2. The Balaban J connectivity index is 0.00000364. The first kappa shape index (κ1) is 24.2. The van der Waals surface area contributed by atoms with E-state index in [4.69, 9.17) is 4.52 Å². The third-order valence-corrected chi connectivity index (χ3v) is 5.36. The average molecular weight is 492 g/mol. The Labute approximate surface area is 181 Å². The lowest BCUT2D eigenvalue weighted by Crippen LogP contribution is -2.52. The second-order valence-electron chi connectivity index (χ2n) is 7.23. The van der Waals surface area contributed by atoms with Gasteiger partial charge in [-0.05, 0) is 26.8 Å². The number of nitrogens with one attached hydrogen (secondary N) is 2. The van der Waals surface area contributed by atoms with Gasteiger partial charge in [-0.15, -0.1) is 24.0 Å². The van der Waals surface area contributed by atoms with Gasteiger partial charge in [0.05, 0.1) is 12.2 Å². The molecule has 1 aromatic heterocycles. The van der Waals surface area contributed by atoms with Crippen molar-refractivity contribution in [1.29, 1.82) is 0 Å². The predicted molar refractivity (Wildman–Crippen MR) is 122 cm³/mol. The first-order chi connectivity index (χ1) is 12.6. The van der Waals surface area contributed by atoms with Crippen molar-refractivity contribution < 1.29 is 4.52 Å². The minimum atomic E-state index is 0. The van der Waals surface area contributed by atoms with Crippen molar-refractivity contribution >= 4 is 29.9 Å². The molecule has 0 aliphatic carbocycles. The van der Waals surface area contributed by atoms with E-state index in [-0.39, 0.29) is 24.0 Å². The largest absolute Gasteiger partial charge is 0.359 e. The van der Waals surface area contributed by atoms with Gasteiger partial charge in [-0.1, -0.05) is 19.0 Å². The molecule has 0 amide bonds. The lowest BCUT2D eigenvalue weighted by molar-refractivity contribution is 0.120. The predicted octanol–water partition coefficient (Wildman–Crippen LogP) is 2.50. The summed E-state index contributed by atoms with van der Waals surface area (Å²) in [5, 5.41) is 11.0. The summed E-state index contributed by atoms with van der Waals surface area (Å²) in [5.74, 6) is 2.13. The summed E-state index contributed by atoms with van der Waals surface area (Å²) >= 11 is 0. The maximum Gasteiger partial charge on any atom is 0.191 e. The van der Waals surface area contributed by atoms with Gasteiger partial charge in [0.1, 0.15) is 0 Å². The van der Waals surface area contributed by atoms with Crippen molar-refractivity contribution in [1.82, 2.24) is 25.6 Å². The van der Waals surface area contributed by atoms with Gasteiger partial charge in [-0.3, -0.25) is 9.89 Å². The van der Waals surface area contributed by atoms with Gasteiger partial charge < -0.3 is 20.1 Å². The molecule has 1 aliphatic heterocycles. The quantitative estimate of drug-likeness (QED) is 0.330. The van der Waals surface area contributed by atoms with Gasteiger partial charge in [0.2, 0.25) is 0 Å². The fourth-order valence-electron chi connectivity index (χ4n) is 3.34. The fraction of sp³-hybridized carbons (Fsp3) is 0.789. The first-order valence-corrected chi connectivity index (χ1v) is 9.89. The average Bonchev–Trinajstić information content (AvgIpc) is 3.12. The molecule has 2 heterocycles. The Bertz CT molecular complexity index is 552. The van der Waals surface area contributed by atoms with Crippen LogP contribution in [0.4, 0.5) is 0 Å². The SMILES string of the molecule is CCC(CC)c1cc(CNC(=NC)NCC(C)N2CCN(C)CC2)on1.I. The molecule has 0 bridgehead atoms. The summed E-state index contributed by atoms with van der Waals surface area (Å²) in [4.78, 5) is 9.22. The van der Waals surface area contributed by atoms with Gasteiger partial charge in [0.15, 0.2) is 11.7 Å². The molecular formula is C19H37IN6O. The van der Waals surface area contributed by atoms with Crippen LogP contribution in [-0.4, -0.2) is 73.8 Å². The lowest BCUT2D eigenvalue weighted by Gasteiger charge is -2.36. The first-order valence-electron chi connectivity index (χ1n) is 9.89. The number of likely N-dealkylation sites (N-methyl/N-ethyl adjacent to an activating group) is 1. The maximum atomic E-state index is 5.47. The molecule has 1 atom stereocenters. The number of nitrogens with zero attached hydrogens (tertiary/aromatic N) is 4. The van der Waals surface area contributed by atoms with Crippen molar-refractivity contribution in [3.8, 4) is 0 Å². The molecule has 1 aromatic rings. The summed E-state index contributed by atoms with van der Waals surface area (Å²) in [7, 11) is 3.98. The monoisotopic (exact) mass is 492 g/mol. The number of guanidine groups is 1. The molecule has 1 aliphatic rings. The lowest BCUT2D eigenvalue weighted by atomic mass is 9.99.